The van der Waals surface area contributed by atoms with Gasteiger partial charge in [0, 0.05) is 37.3 Å². The van der Waals surface area contributed by atoms with E-state index in [0.29, 0.717) is 30.0 Å². The second kappa shape index (κ2) is 12.5. The zero-order valence-electron chi connectivity index (χ0n) is 25.5. The first-order valence-corrected chi connectivity index (χ1v) is 15.7. The Morgan fingerprint density at radius 2 is 1.04 bits per heavy atom. The molecule has 1 fully saturated rings. The van der Waals surface area contributed by atoms with Gasteiger partial charge in [-0.1, -0.05) is 84.9 Å². The number of fused-ring (bicyclic) bond motifs is 2. The van der Waals surface area contributed by atoms with Gasteiger partial charge in [0.1, 0.15) is 11.5 Å². The van der Waals surface area contributed by atoms with Gasteiger partial charge in [0.15, 0.2) is 5.78 Å². The molecule has 2 aliphatic rings. The standard InChI is InChI=1S/C40H36N2O3/c1-28(43)29-10-12-30(13-11-29)31-16-20-35(21-17-31)45-36-22-18-34(19-23-36)40(44)42-26-24-41(25-27-42)39-37-8-4-2-6-32(37)14-15-33-7-3-5-9-38(33)39/h2-13,16-23,39H,14-15,24-27H2,1H3. The van der Waals surface area contributed by atoms with Crippen molar-refractivity contribution in [2.75, 3.05) is 26.2 Å². The molecule has 1 heterocycles. The van der Waals surface area contributed by atoms with Crippen LogP contribution in [-0.2, 0) is 12.8 Å². The van der Waals surface area contributed by atoms with E-state index >= 15 is 0 Å². The number of piperazine rings is 1. The molecule has 0 aromatic heterocycles. The van der Waals surface area contributed by atoms with Gasteiger partial charge in [-0.05, 0) is 89.5 Å². The van der Waals surface area contributed by atoms with Crippen LogP contribution in [0.1, 0.15) is 55.9 Å². The van der Waals surface area contributed by atoms with Crippen molar-refractivity contribution in [1.82, 2.24) is 9.80 Å². The monoisotopic (exact) mass is 592 g/mol. The lowest BCUT2D eigenvalue weighted by Crippen LogP contribution is -2.50. The summed E-state index contributed by atoms with van der Waals surface area (Å²) in [6, 6.07) is 40.8. The van der Waals surface area contributed by atoms with E-state index in [2.05, 4.69) is 53.4 Å². The van der Waals surface area contributed by atoms with Crippen LogP contribution in [0.5, 0.6) is 11.5 Å². The molecule has 0 saturated carbocycles. The molecule has 5 aromatic carbocycles. The molecular weight excluding hydrogens is 556 g/mol. The lowest BCUT2D eigenvalue weighted by molar-refractivity contribution is 0.0597. The zero-order chi connectivity index (χ0) is 30.8. The van der Waals surface area contributed by atoms with Gasteiger partial charge in [0.05, 0.1) is 6.04 Å². The molecule has 0 atom stereocenters. The molecule has 45 heavy (non-hydrogen) atoms. The molecule has 1 aliphatic heterocycles. The van der Waals surface area contributed by atoms with E-state index in [9.17, 15) is 9.59 Å². The molecule has 0 unspecified atom stereocenters. The van der Waals surface area contributed by atoms with E-state index in [4.69, 9.17) is 4.74 Å². The maximum Gasteiger partial charge on any atom is 0.253 e. The summed E-state index contributed by atoms with van der Waals surface area (Å²) in [6.07, 6.45) is 2.12. The van der Waals surface area contributed by atoms with Gasteiger partial charge < -0.3 is 9.64 Å². The van der Waals surface area contributed by atoms with Crippen molar-refractivity contribution in [2.24, 2.45) is 0 Å². The van der Waals surface area contributed by atoms with Crippen LogP contribution in [0.15, 0.2) is 121 Å². The predicted octanol–water partition coefficient (Wildman–Crippen LogP) is 7.99. The third-order valence-corrected chi connectivity index (χ3v) is 9.15. The van der Waals surface area contributed by atoms with Crippen molar-refractivity contribution in [3.63, 3.8) is 0 Å². The van der Waals surface area contributed by atoms with Crippen LogP contribution in [0.25, 0.3) is 11.1 Å². The molecule has 0 spiro atoms. The fourth-order valence-electron chi connectivity index (χ4n) is 6.67. The Morgan fingerprint density at radius 3 is 1.58 bits per heavy atom. The number of benzene rings is 5. The van der Waals surface area contributed by atoms with Gasteiger partial charge in [0.2, 0.25) is 0 Å². The smallest absolute Gasteiger partial charge is 0.253 e. The Balaban J connectivity index is 0.986. The minimum absolute atomic E-state index is 0.0583. The van der Waals surface area contributed by atoms with Crippen molar-refractivity contribution < 1.29 is 14.3 Å². The van der Waals surface area contributed by atoms with Crippen molar-refractivity contribution >= 4 is 11.7 Å². The average Bonchev–Trinajstić information content (AvgIpc) is 3.26. The number of ether oxygens (including phenoxy) is 1. The first-order valence-electron chi connectivity index (χ1n) is 15.7. The van der Waals surface area contributed by atoms with E-state index in [0.717, 1.165) is 42.8 Å². The lowest BCUT2D eigenvalue weighted by atomic mass is 9.92. The molecule has 0 bridgehead atoms. The third-order valence-electron chi connectivity index (χ3n) is 9.15. The van der Waals surface area contributed by atoms with Crippen LogP contribution in [-0.4, -0.2) is 47.7 Å². The highest BCUT2D eigenvalue weighted by Gasteiger charge is 2.32. The quantitative estimate of drug-likeness (QED) is 0.188. The normalized spacial score (nSPS) is 15.1. The largest absolute Gasteiger partial charge is 0.457 e. The first-order chi connectivity index (χ1) is 22.0. The maximum atomic E-state index is 13.5. The van der Waals surface area contributed by atoms with Gasteiger partial charge in [-0.15, -0.1) is 0 Å². The van der Waals surface area contributed by atoms with Crippen molar-refractivity contribution in [3.05, 3.63) is 155 Å². The molecule has 1 aliphatic carbocycles. The number of hydrogen-bond acceptors (Lipinski definition) is 4. The number of rotatable bonds is 6. The minimum atomic E-state index is 0.0583. The number of Topliss-reactive ketones (excluding diaryl/α,β-unsaturated/α-hetero) is 1. The molecule has 0 N–H and O–H groups in total. The topological polar surface area (TPSA) is 49.9 Å². The van der Waals surface area contributed by atoms with Crippen LogP contribution in [0.3, 0.4) is 0 Å². The Hall–Kier alpha value is -5.00. The summed E-state index contributed by atoms with van der Waals surface area (Å²) in [5, 5.41) is 0. The van der Waals surface area contributed by atoms with Gasteiger partial charge in [0.25, 0.3) is 5.91 Å². The summed E-state index contributed by atoms with van der Waals surface area (Å²) in [4.78, 5) is 29.6. The molecule has 224 valence electrons. The molecule has 0 radical (unpaired) electrons. The highest BCUT2D eigenvalue weighted by molar-refractivity contribution is 5.95. The van der Waals surface area contributed by atoms with E-state index in [1.807, 2.05) is 77.7 Å². The maximum absolute atomic E-state index is 13.5. The SMILES string of the molecule is CC(=O)c1ccc(-c2ccc(Oc3ccc(C(=O)N4CCN(C5c6ccccc6CCc6ccccc65)CC4)cc3)cc2)cc1. The summed E-state index contributed by atoms with van der Waals surface area (Å²) in [5.41, 5.74) is 9.11. The number of aryl methyl sites for hydroxylation is 2. The van der Waals surface area contributed by atoms with E-state index in [-0.39, 0.29) is 17.7 Å². The van der Waals surface area contributed by atoms with E-state index in [1.54, 1.807) is 6.92 Å². The predicted molar refractivity (Wildman–Crippen MR) is 178 cm³/mol. The number of hydrogen-bond donors (Lipinski definition) is 0. The van der Waals surface area contributed by atoms with Gasteiger partial charge in [-0.3, -0.25) is 14.5 Å². The molecule has 5 heteroatoms. The summed E-state index contributed by atoms with van der Waals surface area (Å²) < 4.78 is 6.07. The van der Waals surface area contributed by atoms with Crippen LogP contribution in [0.2, 0.25) is 0 Å². The number of amides is 1. The minimum Gasteiger partial charge on any atom is -0.457 e. The lowest BCUT2D eigenvalue weighted by Gasteiger charge is -2.40. The van der Waals surface area contributed by atoms with Crippen LogP contribution < -0.4 is 4.74 Å². The molecule has 1 amide bonds. The Kier molecular flexibility index (Phi) is 8.02. The van der Waals surface area contributed by atoms with Crippen molar-refractivity contribution in [1.29, 1.82) is 0 Å². The van der Waals surface area contributed by atoms with Crippen LogP contribution in [0, 0.1) is 0 Å². The van der Waals surface area contributed by atoms with Gasteiger partial charge in [-0.25, -0.2) is 0 Å². The summed E-state index contributed by atoms with van der Waals surface area (Å²) in [6.45, 7) is 4.62. The summed E-state index contributed by atoms with van der Waals surface area (Å²) in [5.74, 6) is 1.52. The van der Waals surface area contributed by atoms with Crippen LogP contribution >= 0.6 is 0 Å². The Labute approximate surface area is 264 Å². The first kappa shape index (κ1) is 28.8. The number of carbonyl (C=O) groups is 2. The molecule has 5 nitrogen and oxygen atoms in total. The van der Waals surface area contributed by atoms with E-state index in [1.165, 1.54) is 22.3 Å². The summed E-state index contributed by atoms with van der Waals surface area (Å²) >= 11 is 0. The highest BCUT2D eigenvalue weighted by Crippen LogP contribution is 2.37. The molecule has 7 rings (SSSR count). The van der Waals surface area contributed by atoms with Crippen molar-refractivity contribution in [3.8, 4) is 22.6 Å². The second-order valence-electron chi connectivity index (χ2n) is 11.9. The highest BCUT2D eigenvalue weighted by atomic mass is 16.5. The van der Waals surface area contributed by atoms with Gasteiger partial charge >= 0.3 is 0 Å². The molecular formula is C40H36N2O3. The Morgan fingerprint density at radius 1 is 0.578 bits per heavy atom. The average molecular weight is 593 g/mol. The number of ketones is 1. The third kappa shape index (κ3) is 6.04. The zero-order valence-corrected chi connectivity index (χ0v) is 25.5. The second-order valence-corrected chi connectivity index (χ2v) is 11.9. The number of nitrogens with zero attached hydrogens (tertiary/aromatic N) is 2. The van der Waals surface area contributed by atoms with Crippen LogP contribution in [0.4, 0.5) is 0 Å². The number of carbonyl (C=O) groups excluding carboxylic acids is 2. The van der Waals surface area contributed by atoms with Gasteiger partial charge in [-0.2, -0.15) is 0 Å². The Bertz CT molecular complexity index is 1770. The fraction of sp³-hybridized carbons (Fsp3) is 0.200. The van der Waals surface area contributed by atoms with E-state index < -0.39 is 0 Å². The molecule has 5 aromatic rings. The fourth-order valence-corrected chi connectivity index (χ4v) is 6.67. The van der Waals surface area contributed by atoms with Crippen molar-refractivity contribution in [2.45, 2.75) is 25.8 Å². The molecule has 1 saturated heterocycles. The summed E-state index contributed by atoms with van der Waals surface area (Å²) in [7, 11) is 0.